The molecule has 0 N–H and O–H groups in total. The molecule has 32 heavy (non-hydrogen) atoms. The van der Waals surface area contributed by atoms with Crippen LogP contribution in [0.5, 0.6) is 0 Å². The molecule has 6 rings (SSSR count). The van der Waals surface area contributed by atoms with Crippen LogP contribution in [0, 0.1) is 0 Å². The maximum absolute atomic E-state index is 2.61. The Kier molecular flexibility index (Phi) is 6.98. The van der Waals surface area contributed by atoms with Gasteiger partial charge in [0, 0.05) is 0 Å². The Morgan fingerprint density at radius 2 is 0.719 bits per heavy atom. The summed E-state index contributed by atoms with van der Waals surface area (Å²) in [5.74, 6) is 0. The van der Waals surface area contributed by atoms with Crippen LogP contribution in [0.25, 0.3) is 22.3 Å². The summed E-state index contributed by atoms with van der Waals surface area (Å²) >= 11 is -2.25. The predicted octanol–water partition coefficient (Wildman–Crippen LogP) is 1.40. The minimum atomic E-state index is -2.25. The molecule has 0 atom stereocenters. The third-order valence-corrected chi connectivity index (χ3v) is 34.1. The van der Waals surface area contributed by atoms with Crippen molar-refractivity contribution in [1.82, 2.24) is 0 Å². The molecule has 4 aromatic carbocycles. The zero-order chi connectivity index (χ0) is 20.2. The smallest absolute Gasteiger partial charge is 1.00 e. The fraction of sp³-hybridized carbons (Fsp3) is 0.143. The average Bonchev–Trinajstić information content (AvgIpc) is 3.29. The third kappa shape index (κ3) is 3.51. The van der Waals surface area contributed by atoms with Crippen LogP contribution in [-0.2, 0) is 20.1 Å². The van der Waals surface area contributed by atoms with E-state index in [9.17, 15) is 0 Å². The summed E-state index contributed by atoms with van der Waals surface area (Å²) in [5, 5.41) is 0. The van der Waals surface area contributed by atoms with Gasteiger partial charge in [-0.15, -0.1) is 0 Å². The molecule has 4 aromatic rings. The molecule has 4 heteroatoms. The zero-order valence-electron chi connectivity index (χ0n) is 18.1. The Morgan fingerprint density at radius 1 is 0.469 bits per heavy atom. The maximum Gasteiger partial charge on any atom is -1.00 e. The van der Waals surface area contributed by atoms with E-state index >= 15 is 0 Å². The Labute approximate surface area is 211 Å². The number of hydrogen-bond donors (Lipinski definition) is 0. The van der Waals surface area contributed by atoms with Crippen molar-refractivity contribution >= 4 is 5.49 Å². The first-order valence-corrected chi connectivity index (χ1v) is 22.8. The van der Waals surface area contributed by atoms with Crippen molar-refractivity contribution in [2.24, 2.45) is 0 Å². The van der Waals surface area contributed by atoms with Crippen molar-refractivity contribution < 1.29 is 44.9 Å². The maximum atomic E-state index is 2.61. The van der Waals surface area contributed by atoms with Gasteiger partial charge in [-0.3, -0.25) is 0 Å². The summed E-state index contributed by atoms with van der Waals surface area (Å²) in [4.78, 5) is 0. The number of benzene rings is 4. The van der Waals surface area contributed by atoms with E-state index in [-0.39, 0.29) is 24.8 Å². The van der Waals surface area contributed by atoms with Gasteiger partial charge < -0.3 is 24.8 Å². The molecule has 0 bridgehead atoms. The average molecular weight is 638 g/mol. The number of halogens is 2. The van der Waals surface area contributed by atoms with Gasteiger partial charge >= 0.3 is 188 Å². The topological polar surface area (TPSA) is 0 Å². The van der Waals surface area contributed by atoms with Gasteiger partial charge in [0.25, 0.3) is 0 Å². The van der Waals surface area contributed by atoms with E-state index in [2.05, 4.69) is 110 Å². The van der Waals surface area contributed by atoms with Crippen molar-refractivity contribution in [3.63, 3.8) is 0 Å². The summed E-state index contributed by atoms with van der Waals surface area (Å²) in [5.41, 5.74) is 12.0. The van der Waals surface area contributed by atoms with Gasteiger partial charge in [-0.25, -0.2) is 0 Å². The molecule has 0 aromatic heterocycles. The van der Waals surface area contributed by atoms with Gasteiger partial charge in [-0.1, -0.05) is 0 Å². The molecule has 0 unspecified atom stereocenters. The van der Waals surface area contributed by atoms with Crippen LogP contribution in [0.2, 0.25) is 13.1 Å². The molecule has 2 aliphatic rings. The summed E-state index contributed by atoms with van der Waals surface area (Å²) in [6.45, 7) is 5.22. The Balaban J connectivity index is 0.00000122. The summed E-state index contributed by atoms with van der Waals surface area (Å²) in [6.07, 6.45) is 0. The summed E-state index contributed by atoms with van der Waals surface area (Å²) in [6, 6.07) is 37.0. The number of rotatable bonds is 2. The minimum absolute atomic E-state index is 0. The molecular weight excluding hydrogens is 614 g/mol. The minimum Gasteiger partial charge on any atom is -1.00 e. The largest absolute Gasteiger partial charge is 1.00 e. The molecule has 158 valence electrons. The van der Waals surface area contributed by atoms with Crippen molar-refractivity contribution in [3.05, 3.63) is 119 Å². The van der Waals surface area contributed by atoms with Crippen LogP contribution < -0.4 is 24.8 Å². The van der Waals surface area contributed by atoms with Crippen LogP contribution in [0.1, 0.15) is 29.6 Å². The van der Waals surface area contributed by atoms with Crippen LogP contribution in [0.3, 0.4) is 0 Å². The predicted molar refractivity (Wildman–Crippen MR) is 125 cm³/mol. The van der Waals surface area contributed by atoms with Gasteiger partial charge in [0.15, 0.2) is 0 Å². The number of hydrogen-bond acceptors (Lipinski definition) is 0. The van der Waals surface area contributed by atoms with Crippen molar-refractivity contribution in [3.8, 4) is 22.3 Å². The van der Waals surface area contributed by atoms with Crippen LogP contribution in [0.4, 0.5) is 0 Å². The normalized spacial score (nSPS) is 12.9. The second-order valence-electron chi connectivity index (χ2n) is 8.67. The SMILES string of the molecule is C[Si](C)=[Hf+2]([CH]1c2ccccc2-c2ccccc21)[CH]1c2ccccc2-c2ccccc21.[Cl-].[Cl-]. The monoisotopic (exact) mass is 638 g/mol. The Bertz CT molecular complexity index is 1150. The first kappa shape index (κ1) is 23.7. The fourth-order valence-corrected chi connectivity index (χ4v) is 34.0. The van der Waals surface area contributed by atoms with Gasteiger partial charge in [0.2, 0.25) is 0 Å². The standard InChI is InChI=1S/2C13H9.C2H6Si.2ClH.Hf/c2*1-3-7-12-10(5-1)9-11-6-2-4-8-13(11)12;1-3-2;;;/h2*1-9H;1-2H3;2*1H;/q;;;;;+2/p-2. The first-order chi connectivity index (χ1) is 14.8. The van der Waals surface area contributed by atoms with Crippen molar-refractivity contribution in [2.75, 3.05) is 0 Å². The molecule has 2 aliphatic carbocycles. The Morgan fingerprint density at radius 3 is 0.969 bits per heavy atom. The van der Waals surface area contributed by atoms with Crippen molar-refractivity contribution in [2.45, 2.75) is 20.4 Å². The summed E-state index contributed by atoms with van der Waals surface area (Å²) in [7, 11) is 0. The molecular formula is C28H24Cl2HfSi. The van der Waals surface area contributed by atoms with Crippen LogP contribution in [0.15, 0.2) is 97.1 Å². The van der Waals surface area contributed by atoms with E-state index in [1.807, 2.05) is 0 Å². The van der Waals surface area contributed by atoms with Gasteiger partial charge in [-0.2, -0.15) is 0 Å². The summed E-state index contributed by atoms with van der Waals surface area (Å²) < 4.78 is 1.35. The van der Waals surface area contributed by atoms with Gasteiger partial charge in [0.1, 0.15) is 0 Å². The van der Waals surface area contributed by atoms with Crippen molar-refractivity contribution in [1.29, 1.82) is 0 Å². The Hall–Kier alpha value is -1.45. The van der Waals surface area contributed by atoms with Gasteiger partial charge in [-0.05, 0) is 0 Å². The fourth-order valence-electron chi connectivity index (χ4n) is 5.73. The molecule has 0 heterocycles. The van der Waals surface area contributed by atoms with E-state index in [4.69, 9.17) is 0 Å². The third-order valence-electron chi connectivity index (χ3n) is 6.87. The molecule has 0 saturated heterocycles. The van der Waals surface area contributed by atoms with E-state index < -0.39 is 25.6 Å². The first-order valence-electron chi connectivity index (χ1n) is 10.8. The second-order valence-corrected chi connectivity index (χ2v) is 33.6. The van der Waals surface area contributed by atoms with E-state index in [1.54, 1.807) is 22.3 Å². The molecule has 0 saturated carbocycles. The quantitative estimate of drug-likeness (QED) is 0.292. The van der Waals surface area contributed by atoms with E-state index in [0.717, 1.165) is 0 Å². The molecule has 0 amide bonds. The molecule has 0 spiro atoms. The van der Waals surface area contributed by atoms with Crippen LogP contribution >= 0.6 is 0 Å². The van der Waals surface area contributed by atoms with E-state index in [0.29, 0.717) is 7.35 Å². The second kappa shape index (κ2) is 9.42. The zero-order valence-corrected chi connectivity index (χ0v) is 24.3. The number of fused-ring (bicyclic) bond motifs is 6. The molecule has 0 radical (unpaired) electrons. The molecule has 0 aliphatic heterocycles. The molecule has 0 nitrogen and oxygen atoms in total. The van der Waals surface area contributed by atoms with E-state index in [1.165, 1.54) is 22.3 Å². The molecule has 0 fully saturated rings. The van der Waals surface area contributed by atoms with Gasteiger partial charge in [0.05, 0.1) is 0 Å². The van der Waals surface area contributed by atoms with Crippen LogP contribution in [-0.4, -0.2) is 5.49 Å².